The van der Waals surface area contributed by atoms with Crippen LogP contribution < -0.4 is 9.80 Å². The van der Waals surface area contributed by atoms with Crippen molar-refractivity contribution in [2.75, 3.05) is 9.80 Å². The van der Waals surface area contributed by atoms with Crippen molar-refractivity contribution in [3.63, 3.8) is 0 Å². The zero-order chi connectivity index (χ0) is 29.5. The van der Waals surface area contributed by atoms with Crippen LogP contribution in [0.4, 0.5) is 22.7 Å². The zero-order valence-electron chi connectivity index (χ0n) is 21.6. The van der Waals surface area contributed by atoms with E-state index >= 15 is 0 Å². The summed E-state index contributed by atoms with van der Waals surface area (Å²) in [5, 5.41) is 22.9. The molecule has 3 fully saturated rings. The van der Waals surface area contributed by atoms with E-state index in [-0.39, 0.29) is 22.7 Å². The third-order valence-corrected chi connectivity index (χ3v) is 9.03. The number of carbonyl (C=O) groups is 4. The first-order valence-corrected chi connectivity index (χ1v) is 13.2. The Labute approximate surface area is 237 Å². The average molecular weight is 565 g/mol. The van der Waals surface area contributed by atoms with Gasteiger partial charge in [0, 0.05) is 35.6 Å². The van der Waals surface area contributed by atoms with Gasteiger partial charge in [-0.2, -0.15) is 0 Å². The van der Waals surface area contributed by atoms with Crippen molar-refractivity contribution in [2.45, 2.75) is 5.41 Å². The Bertz CT molecular complexity index is 1680. The Morgan fingerprint density at radius 3 is 1.55 bits per heavy atom. The zero-order valence-corrected chi connectivity index (χ0v) is 21.6. The van der Waals surface area contributed by atoms with Crippen LogP contribution in [-0.2, 0) is 24.6 Å². The fourth-order valence-electron chi connectivity index (χ4n) is 7.48. The van der Waals surface area contributed by atoms with Crippen molar-refractivity contribution in [2.24, 2.45) is 29.6 Å². The first-order chi connectivity index (χ1) is 20.2. The van der Waals surface area contributed by atoms with Crippen LogP contribution >= 0.6 is 0 Å². The van der Waals surface area contributed by atoms with E-state index < -0.39 is 68.5 Å². The summed E-state index contributed by atoms with van der Waals surface area (Å²) >= 11 is 0. The Kier molecular flexibility index (Phi) is 5.29. The van der Waals surface area contributed by atoms with Crippen LogP contribution in [0.25, 0.3) is 0 Å². The number of allylic oxidation sites excluding steroid dienone is 2. The van der Waals surface area contributed by atoms with Crippen LogP contribution in [0.3, 0.4) is 0 Å². The molecule has 2 aliphatic heterocycles. The van der Waals surface area contributed by atoms with Gasteiger partial charge in [-0.05, 0) is 17.7 Å². The van der Waals surface area contributed by atoms with Crippen LogP contribution in [-0.4, -0.2) is 33.5 Å². The predicted molar refractivity (Wildman–Crippen MR) is 146 cm³/mol. The standard InChI is InChI=1S/C30H20N4O8/c35-26-22-21-12-13-30(16-6-2-1-3-7-16,24(22)28(37)31(26)17-8-4-10-19(14-17)33(39)40)25-23(21)27(36)32(29(25)38)18-9-5-11-20(15-18)34(41)42/h1-15,21-25H/t21?,22-,23+,24+,25-,30?. The summed E-state index contributed by atoms with van der Waals surface area (Å²) in [6.07, 6.45) is 3.47. The number of nitro benzene ring substituents is 2. The van der Waals surface area contributed by atoms with Gasteiger partial charge in [0.2, 0.25) is 23.6 Å². The first-order valence-electron chi connectivity index (χ1n) is 13.2. The topological polar surface area (TPSA) is 161 Å². The molecule has 1 saturated carbocycles. The normalized spacial score (nSPS) is 29.2. The molecule has 3 aliphatic carbocycles. The summed E-state index contributed by atoms with van der Waals surface area (Å²) in [6, 6.07) is 19.2. The largest absolute Gasteiger partial charge is 0.274 e. The van der Waals surface area contributed by atoms with E-state index in [2.05, 4.69) is 0 Å². The van der Waals surface area contributed by atoms with E-state index in [0.717, 1.165) is 21.9 Å². The number of carbonyl (C=O) groups excluding carboxylic acids is 4. The molecule has 6 atom stereocenters. The Hall–Kier alpha value is -5.52. The molecule has 3 aromatic carbocycles. The number of hydrogen-bond donors (Lipinski definition) is 0. The van der Waals surface area contributed by atoms with Gasteiger partial charge in [-0.1, -0.05) is 54.6 Å². The number of benzene rings is 3. The molecule has 4 amide bonds. The van der Waals surface area contributed by atoms with Gasteiger partial charge in [0.1, 0.15) is 0 Å². The van der Waals surface area contributed by atoms with Gasteiger partial charge < -0.3 is 0 Å². The second-order valence-electron chi connectivity index (χ2n) is 10.8. The fourth-order valence-corrected chi connectivity index (χ4v) is 7.48. The lowest BCUT2D eigenvalue weighted by Crippen LogP contribution is -2.60. The molecule has 2 heterocycles. The molecule has 0 spiro atoms. The maximum absolute atomic E-state index is 14.3. The molecule has 5 aliphatic rings. The molecule has 12 nitrogen and oxygen atoms in total. The molecule has 2 bridgehead atoms. The summed E-state index contributed by atoms with van der Waals surface area (Å²) in [5.41, 5.74) is -1.34. The maximum Gasteiger partial charge on any atom is 0.271 e. The first kappa shape index (κ1) is 25.4. The highest BCUT2D eigenvalue weighted by atomic mass is 16.6. The number of rotatable bonds is 5. The van der Waals surface area contributed by atoms with E-state index in [0.29, 0.717) is 5.56 Å². The lowest BCUT2D eigenvalue weighted by atomic mass is 9.45. The average Bonchev–Trinajstić information content (AvgIpc) is 3.44. The predicted octanol–water partition coefficient (Wildman–Crippen LogP) is 3.55. The second kappa shape index (κ2) is 8.74. The van der Waals surface area contributed by atoms with Crippen molar-refractivity contribution in [3.8, 4) is 0 Å². The third-order valence-electron chi connectivity index (χ3n) is 9.03. The lowest BCUT2D eigenvalue weighted by molar-refractivity contribution is -0.385. The smallest absolute Gasteiger partial charge is 0.271 e. The minimum absolute atomic E-state index is 0.0391. The Morgan fingerprint density at radius 2 is 1.10 bits per heavy atom. The highest BCUT2D eigenvalue weighted by Gasteiger charge is 2.75. The van der Waals surface area contributed by atoms with Crippen LogP contribution in [0.15, 0.2) is 91.0 Å². The number of amides is 4. The number of nitro groups is 2. The van der Waals surface area contributed by atoms with Gasteiger partial charge in [0.15, 0.2) is 0 Å². The van der Waals surface area contributed by atoms with E-state index in [1.165, 1.54) is 36.4 Å². The molecule has 0 radical (unpaired) electrons. The Balaban J connectivity index is 1.40. The highest BCUT2D eigenvalue weighted by molar-refractivity contribution is 6.27. The van der Waals surface area contributed by atoms with Gasteiger partial charge in [-0.25, -0.2) is 9.80 Å². The van der Waals surface area contributed by atoms with Gasteiger partial charge in [-0.15, -0.1) is 0 Å². The van der Waals surface area contributed by atoms with E-state index in [4.69, 9.17) is 0 Å². The number of non-ortho nitro benzene ring substituents is 2. The summed E-state index contributed by atoms with van der Waals surface area (Å²) in [6.45, 7) is 0. The molecule has 3 aromatic rings. The van der Waals surface area contributed by atoms with Gasteiger partial charge in [0.25, 0.3) is 11.4 Å². The number of imide groups is 2. The molecular weight excluding hydrogens is 544 g/mol. The fraction of sp³-hybridized carbons (Fsp3) is 0.200. The molecule has 2 saturated heterocycles. The number of hydrogen-bond acceptors (Lipinski definition) is 8. The monoisotopic (exact) mass is 564 g/mol. The van der Waals surface area contributed by atoms with Gasteiger partial charge >= 0.3 is 0 Å². The van der Waals surface area contributed by atoms with Gasteiger partial charge in [-0.3, -0.25) is 39.4 Å². The quantitative estimate of drug-likeness (QED) is 0.197. The highest BCUT2D eigenvalue weighted by Crippen LogP contribution is 2.65. The number of anilines is 2. The molecule has 0 aromatic heterocycles. The minimum atomic E-state index is -1.39. The summed E-state index contributed by atoms with van der Waals surface area (Å²) in [5.74, 6) is -7.40. The summed E-state index contributed by atoms with van der Waals surface area (Å²) in [7, 11) is 0. The van der Waals surface area contributed by atoms with Crippen molar-refractivity contribution in [3.05, 3.63) is 117 Å². The van der Waals surface area contributed by atoms with Crippen LogP contribution in [0.2, 0.25) is 0 Å². The van der Waals surface area contributed by atoms with E-state index in [9.17, 15) is 39.4 Å². The molecular formula is C30H20N4O8. The van der Waals surface area contributed by atoms with Crippen molar-refractivity contribution in [1.82, 2.24) is 0 Å². The SMILES string of the molecule is O=C1[C@@H]2C3C=CC(c4ccccc4)([C@@H]2C(=O)N1c1cccc([N+](=O)[O-])c1)[C@H]1C(=O)N(c2cccc([N+](=O)[O-])c2)C(=O)[C@@H]31. The third kappa shape index (κ3) is 3.17. The molecule has 0 N–H and O–H groups in total. The molecule has 208 valence electrons. The molecule has 42 heavy (non-hydrogen) atoms. The minimum Gasteiger partial charge on any atom is -0.274 e. The van der Waals surface area contributed by atoms with Crippen LogP contribution in [0.1, 0.15) is 5.56 Å². The van der Waals surface area contributed by atoms with E-state index in [1.807, 2.05) is 0 Å². The van der Waals surface area contributed by atoms with Crippen LogP contribution in [0, 0.1) is 49.8 Å². The van der Waals surface area contributed by atoms with Crippen molar-refractivity contribution >= 4 is 46.4 Å². The second-order valence-corrected chi connectivity index (χ2v) is 10.8. The molecule has 2 unspecified atom stereocenters. The van der Waals surface area contributed by atoms with Crippen molar-refractivity contribution in [1.29, 1.82) is 0 Å². The lowest BCUT2D eigenvalue weighted by Gasteiger charge is -2.53. The van der Waals surface area contributed by atoms with Crippen LogP contribution in [0.5, 0.6) is 0 Å². The maximum atomic E-state index is 14.3. The number of nitrogens with zero attached hydrogens (tertiary/aromatic N) is 4. The molecule has 8 rings (SSSR count). The Morgan fingerprint density at radius 1 is 0.619 bits per heavy atom. The van der Waals surface area contributed by atoms with Gasteiger partial charge in [0.05, 0.1) is 44.9 Å². The summed E-state index contributed by atoms with van der Waals surface area (Å²) in [4.78, 5) is 80.1. The van der Waals surface area contributed by atoms with E-state index in [1.54, 1.807) is 42.5 Å². The molecule has 12 heteroatoms. The van der Waals surface area contributed by atoms with Crippen molar-refractivity contribution < 1.29 is 29.0 Å². The summed E-state index contributed by atoms with van der Waals surface area (Å²) < 4.78 is 0.